The maximum absolute atomic E-state index is 15.0. The summed E-state index contributed by atoms with van der Waals surface area (Å²) in [6.07, 6.45) is -0.428. The van der Waals surface area contributed by atoms with Gasteiger partial charge in [-0.3, -0.25) is 0 Å². The van der Waals surface area contributed by atoms with E-state index in [0.29, 0.717) is 22.3 Å². The van der Waals surface area contributed by atoms with Gasteiger partial charge >= 0.3 is 0 Å². The van der Waals surface area contributed by atoms with Crippen molar-refractivity contribution in [2.75, 3.05) is 5.32 Å². The molecule has 0 saturated carbocycles. The van der Waals surface area contributed by atoms with Crippen LogP contribution in [0.4, 0.5) is 10.3 Å². The Hall–Kier alpha value is -3.23. The number of hydrogen-bond acceptors (Lipinski definition) is 6. The Labute approximate surface area is 179 Å². The molecule has 0 aliphatic carbocycles. The van der Waals surface area contributed by atoms with Crippen LogP contribution < -0.4 is 10.1 Å². The largest absolute Gasteiger partial charge is 0.480 e. The highest BCUT2D eigenvalue weighted by atomic mass is 35.5. The van der Waals surface area contributed by atoms with Crippen LogP contribution in [0.5, 0.6) is 5.75 Å². The van der Waals surface area contributed by atoms with Gasteiger partial charge in [0.2, 0.25) is 5.95 Å². The van der Waals surface area contributed by atoms with Gasteiger partial charge in [-0.15, -0.1) is 11.3 Å². The van der Waals surface area contributed by atoms with E-state index in [1.165, 1.54) is 6.07 Å². The average Bonchev–Trinajstić information content (AvgIpc) is 3.44. The Morgan fingerprint density at radius 1 is 1.13 bits per heavy atom. The second-order valence-electron chi connectivity index (χ2n) is 6.98. The monoisotopic (exact) mass is 437 g/mol. The van der Waals surface area contributed by atoms with Crippen LogP contribution in [0, 0.1) is 5.82 Å². The van der Waals surface area contributed by atoms with Gasteiger partial charge in [0.15, 0.2) is 6.10 Å². The number of halogens is 2. The highest BCUT2D eigenvalue weighted by Crippen LogP contribution is 2.51. The molecule has 148 valence electrons. The van der Waals surface area contributed by atoms with Crippen LogP contribution in [0.1, 0.15) is 28.1 Å². The molecule has 30 heavy (non-hydrogen) atoms. The van der Waals surface area contributed by atoms with Crippen LogP contribution in [0.3, 0.4) is 0 Å². The van der Waals surface area contributed by atoms with E-state index in [9.17, 15) is 4.39 Å². The standard InChI is InChI=1S/C21H13ClFN5OS/c22-11-7-8-15-13(10-11)18-17(20(29-15)16-6-3-9-30-16)19(12-4-1-2-5-14(12)23)28-21(24-18)25-26-27-28/h1-10,19-20H,(H,24,25,27). The molecule has 2 aromatic heterocycles. The van der Waals surface area contributed by atoms with Crippen molar-refractivity contribution in [2.45, 2.75) is 12.1 Å². The average molecular weight is 438 g/mol. The van der Waals surface area contributed by atoms with E-state index in [0.717, 1.165) is 21.7 Å². The van der Waals surface area contributed by atoms with Crippen LogP contribution in [-0.4, -0.2) is 20.2 Å². The zero-order valence-electron chi connectivity index (χ0n) is 15.3. The lowest BCUT2D eigenvalue weighted by Crippen LogP contribution is -2.32. The van der Waals surface area contributed by atoms with Gasteiger partial charge in [-0.2, -0.15) is 4.68 Å². The quantitative estimate of drug-likeness (QED) is 0.473. The zero-order valence-corrected chi connectivity index (χ0v) is 16.9. The first-order chi connectivity index (χ1) is 14.7. The zero-order chi connectivity index (χ0) is 20.2. The van der Waals surface area contributed by atoms with Gasteiger partial charge in [-0.05, 0) is 46.1 Å². The smallest absolute Gasteiger partial charge is 0.248 e. The second kappa shape index (κ2) is 6.65. The lowest BCUT2D eigenvalue weighted by atomic mass is 9.86. The lowest BCUT2D eigenvalue weighted by Gasteiger charge is -2.38. The SMILES string of the molecule is Fc1ccccc1C1C2=C(Nc3nnnn31)c1cc(Cl)ccc1OC2c1cccs1. The first-order valence-corrected chi connectivity index (χ1v) is 10.5. The molecular formula is C21H13ClFN5OS. The fourth-order valence-electron chi connectivity index (χ4n) is 4.04. The van der Waals surface area contributed by atoms with Gasteiger partial charge in [0.25, 0.3) is 0 Å². The minimum absolute atomic E-state index is 0.334. The summed E-state index contributed by atoms with van der Waals surface area (Å²) in [5, 5.41) is 18.0. The molecular weight excluding hydrogens is 425 g/mol. The van der Waals surface area contributed by atoms with Gasteiger partial charge in [-0.25, -0.2) is 4.39 Å². The van der Waals surface area contributed by atoms with E-state index in [1.807, 2.05) is 29.6 Å². The summed E-state index contributed by atoms with van der Waals surface area (Å²) >= 11 is 7.87. The minimum atomic E-state index is -0.577. The van der Waals surface area contributed by atoms with Crippen molar-refractivity contribution in [1.82, 2.24) is 20.2 Å². The van der Waals surface area contributed by atoms with E-state index in [4.69, 9.17) is 16.3 Å². The van der Waals surface area contributed by atoms with Gasteiger partial charge < -0.3 is 10.1 Å². The van der Waals surface area contributed by atoms with Crippen LogP contribution >= 0.6 is 22.9 Å². The molecule has 0 saturated heterocycles. The predicted octanol–water partition coefficient (Wildman–Crippen LogP) is 5.09. The van der Waals surface area contributed by atoms with Crippen molar-refractivity contribution in [3.8, 4) is 5.75 Å². The molecule has 9 heteroatoms. The molecule has 0 spiro atoms. The minimum Gasteiger partial charge on any atom is -0.480 e. The van der Waals surface area contributed by atoms with Crippen molar-refractivity contribution >= 4 is 34.6 Å². The first-order valence-electron chi connectivity index (χ1n) is 9.24. The molecule has 2 unspecified atom stereocenters. The summed E-state index contributed by atoms with van der Waals surface area (Å²) in [5.74, 6) is 0.788. The topological polar surface area (TPSA) is 64.9 Å². The molecule has 2 aliphatic rings. The third-order valence-electron chi connectivity index (χ3n) is 5.30. The highest BCUT2D eigenvalue weighted by Gasteiger charge is 2.42. The number of aromatic nitrogens is 4. The molecule has 0 fully saturated rings. The van der Waals surface area contributed by atoms with Gasteiger partial charge in [-0.1, -0.05) is 41.0 Å². The van der Waals surface area contributed by atoms with Crippen LogP contribution in [0.25, 0.3) is 5.70 Å². The van der Waals surface area contributed by atoms with E-state index < -0.39 is 12.1 Å². The summed E-state index contributed by atoms with van der Waals surface area (Å²) in [6.45, 7) is 0. The van der Waals surface area contributed by atoms with Crippen molar-refractivity contribution in [3.63, 3.8) is 0 Å². The summed E-state index contributed by atoms with van der Waals surface area (Å²) in [5.41, 5.74) is 2.88. The molecule has 4 aromatic rings. The van der Waals surface area contributed by atoms with E-state index in [1.54, 1.807) is 40.3 Å². The van der Waals surface area contributed by atoms with Gasteiger partial charge in [0.1, 0.15) is 17.6 Å². The second-order valence-corrected chi connectivity index (χ2v) is 8.40. The number of benzene rings is 2. The van der Waals surface area contributed by atoms with Crippen LogP contribution in [0.2, 0.25) is 5.02 Å². The molecule has 1 N–H and O–H groups in total. The van der Waals surface area contributed by atoms with Crippen molar-refractivity contribution in [2.24, 2.45) is 0 Å². The van der Waals surface area contributed by atoms with E-state index in [-0.39, 0.29) is 5.82 Å². The van der Waals surface area contributed by atoms with Gasteiger partial charge in [0.05, 0.1) is 5.70 Å². The third-order valence-corrected chi connectivity index (χ3v) is 6.45. The van der Waals surface area contributed by atoms with Crippen LogP contribution in [0.15, 0.2) is 65.6 Å². The summed E-state index contributed by atoms with van der Waals surface area (Å²) in [7, 11) is 0. The fourth-order valence-corrected chi connectivity index (χ4v) is 4.98. The van der Waals surface area contributed by atoms with E-state index in [2.05, 4.69) is 20.8 Å². The molecule has 0 amide bonds. The first kappa shape index (κ1) is 17.6. The molecule has 2 aliphatic heterocycles. The maximum atomic E-state index is 15.0. The van der Waals surface area contributed by atoms with Crippen molar-refractivity contribution in [3.05, 3.63) is 92.4 Å². The Morgan fingerprint density at radius 2 is 2.03 bits per heavy atom. The summed E-state index contributed by atoms with van der Waals surface area (Å²) < 4.78 is 23.0. The molecule has 6 rings (SSSR count). The maximum Gasteiger partial charge on any atom is 0.248 e. The number of nitrogens with zero attached hydrogens (tertiary/aromatic N) is 4. The Balaban J connectivity index is 1.67. The molecule has 4 heterocycles. The third kappa shape index (κ3) is 2.57. The molecule has 0 bridgehead atoms. The summed E-state index contributed by atoms with van der Waals surface area (Å²) in [6, 6.07) is 15.5. The summed E-state index contributed by atoms with van der Waals surface area (Å²) in [4.78, 5) is 1.00. The number of hydrogen-bond donors (Lipinski definition) is 1. The van der Waals surface area contributed by atoms with Crippen LogP contribution in [-0.2, 0) is 0 Å². The fraction of sp³-hybridized carbons (Fsp3) is 0.0952. The number of thiophene rings is 1. The lowest BCUT2D eigenvalue weighted by molar-refractivity contribution is 0.225. The molecule has 6 nitrogen and oxygen atoms in total. The predicted molar refractivity (Wildman–Crippen MR) is 112 cm³/mol. The molecule has 0 radical (unpaired) electrons. The number of fused-ring (bicyclic) bond motifs is 3. The van der Waals surface area contributed by atoms with Gasteiger partial charge in [0, 0.05) is 26.6 Å². The Kier molecular flexibility index (Phi) is 3.90. The Morgan fingerprint density at radius 3 is 2.87 bits per heavy atom. The number of nitrogens with one attached hydrogen (secondary N) is 1. The van der Waals surface area contributed by atoms with Crippen molar-refractivity contribution < 1.29 is 9.13 Å². The van der Waals surface area contributed by atoms with Crippen molar-refractivity contribution in [1.29, 1.82) is 0 Å². The number of ether oxygens (including phenoxy) is 1. The highest BCUT2D eigenvalue weighted by molar-refractivity contribution is 7.10. The normalized spacial score (nSPS) is 19.4. The molecule has 2 atom stereocenters. The van der Waals surface area contributed by atoms with E-state index >= 15 is 0 Å². The molecule has 2 aromatic carbocycles. The number of tetrazole rings is 1. The number of rotatable bonds is 2. The number of anilines is 1. The Bertz CT molecular complexity index is 1300.